The van der Waals surface area contributed by atoms with E-state index >= 15 is 0 Å². The summed E-state index contributed by atoms with van der Waals surface area (Å²) in [5, 5.41) is 13.8. The van der Waals surface area contributed by atoms with Gasteiger partial charge < -0.3 is 5.73 Å². The molecule has 1 heterocycles. The van der Waals surface area contributed by atoms with Gasteiger partial charge in [-0.1, -0.05) is 6.07 Å². The molecule has 1 aliphatic carbocycles. The normalized spacial score (nSPS) is 16.2. The van der Waals surface area contributed by atoms with Gasteiger partial charge in [-0.15, -0.1) is 0 Å². The van der Waals surface area contributed by atoms with E-state index in [9.17, 15) is 5.26 Å². The molecular weight excluding hydrogens is 224 g/mol. The van der Waals surface area contributed by atoms with E-state index in [0.29, 0.717) is 5.69 Å². The first-order chi connectivity index (χ1) is 8.64. The number of hydrogen-bond donors (Lipinski definition) is 1. The number of aryl methyl sites for hydroxylation is 1. The molecule has 0 spiro atoms. The molecular formula is C14H14N4. The first kappa shape index (κ1) is 10.8. The van der Waals surface area contributed by atoms with E-state index in [1.54, 1.807) is 4.68 Å². The molecule has 18 heavy (non-hydrogen) atoms. The Morgan fingerprint density at radius 1 is 1.39 bits per heavy atom. The van der Waals surface area contributed by atoms with Crippen molar-refractivity contribution >= 4 is 5.69 Å². The summed E-state index contributed by atoms with van der Waals surface area (Å²) in [6.45, 7) is 0. The zero-order valence-corrected chi connectivity index (χ0v) is 10.2. The third-order valence-electron chi connectivity index (χ3n) is 3.51. The maximum Gasteiger partial charge on any atom is 0.0927 e. The molecule has 0 aliphatic heterocycles. The molecule has 1 saturated carbocycles. The number of aromatic nitrogens is 2. The molecule has 4 heteroatoms. The summed E-state index contributed by atoms with van der Waals surface area (Å²) in [5.74, 6) is 0. The standard InChI is InChI=1S/C14H14N4/c1-18-7-4-13(17-18)11-8-10(16)2-3-12(11)14(9-15)5-6-14/h2-4,7-8H,5-6,16H2,1H3. The van der Waals surface area contributed by atoms with Crippen molar-refractivity contribution in [3.05, 3.63) is 36.0 Å². The van der Waals surface area contributed by atoms with Crippen LogP contribution in [-0.2, 0) is 12.5 Å². The molecule has 90 valence electrons. The molecule has 2 aromatic rings. The predicted octanol–water partition coefficient (Wildman–Crippen LogP) is 2.22. The Morgan fingerprint density at radius 2 is 2.17 bits per heavy atom. The molecule has 0 atom stereocenters. The molecule has 0 unspecified atom stereocenters. The number of rotatable bonds is 2. The van der Waals surface area contributed by atoms with E-state index in [4.69, 9.17) is 5.73 Å². The molecule has 2 N–H and O–H groups in total. The van der Waals surface area contributed by atoms with Gasteiger partial charge in [0.05, 0.1) is 17.2 Å². The van der Waals surface area contributed by atoms with Gasteiger partial charge >= 0.3 is 0 Å². The topological polar surface area (TPSA) is 67.6 Å². The highest BCUT2D eigenvalue weighted by molar-refractivity contribution is 5.71. The SMILES string of the molecule is Cn1ccc(-c2cc(N)ccc2C2(C#N)CC2)n1. The van der Waals surface area contributed by atoms with Crippen molar-refractivity contribution in [3.63, 3.8) is 0 Å². The minimum absolute atomic E-state index is 0.319. The molecule has 4 nitrogen and oxygen atoms in total. The van der Waals surface area contributed by atoms with E-state index in [1.165, 1.54) is 0 Å². The smallest absolute Gasteiger partial charge is 0.0927 e. The van der Waals surface area contributed by atoms with Crippen molar-refractivity contribution < 1.29 is 0 Å². The fourth-order valence-corrected chi connectivity index (χ4v) is 2.32. The second-order valence-electron chi connectivity index (χ2n) is 4.87. The summed E-state index contributed by atoms with van der Waals surface area (Å²) in [7, 11) is 1.88. The van der Waals surface area contributed by atoms with Crippen LogP contribution in [0.3, 0.4) is 0 Å². The van der Waals surface area contributed by atoms with Gasteiger partial charge in [0.2, 0.25) is 0 Å². The maximum atomic E-state index is 9.35. The fraction of sp³-hybridized carbons (Fsp3) is 0.286. The van der Waals surface area contributed by atoms with Crippen LogP contribution in [0.2, 0.25) is 0 Å². The molecule has 0 amide bonds. The minimum atomic E-state index is -0.319. The van der Waals surface area contributed by atoms with E-state index in [0.717, 1.165) is 29.7 Å². The number of nitrogens with zero attached hydrogens (tertiary/aromatic N) is 3. The Morgan fingerprint density at radius 3 is 2.72 bits per heavy atom. The Balaban J connectivity index is 2.19. The van der Waals surface area contributed by atoms with Crippen LogP contribution < -0.4 is 5.73 Å². The van der Waals surface area contributed by atoms with Gasteiger partial charge in [-0.05, 0) is 36.6 Å². The van der Waals surface area contributed by atoms with Crippen molar-refractivity contribution in [1.29, 1.82) is 5.26 Å². The number of nitrogens with two attached hydrogens (primary N) is 1. The van der Waals surface area contributed by atoms with E-state index in [1.807, 2.05) is 37.5 Å². The van der Waals surface area contributed by atoms with Gasteiger partial charge in [0.1, 0.15) is 0 Å². The van der Waals surface area contributed by atoms with Crippen molar-refractivity contribution in [2.24, 2.45) is 7.05 Å². The van der Waals surface area contributed by atoms with Gasteiger partial charge in [0.15, 0.2) is 0 Å². The molecule has 0 bridgehead atoms. The average molecular weight is 238 g/mol. The van der Waals surface area contributed by atoms with Crippen molar-refractivity contribution in [1.82, 2.24) is 9.78 Å². The van der Waals surface area contributed by atoms with Crippen LogP contribution in [0, 0.1) is 11.3 Å². The number of anilines is 1. The van der Waals surface area contributed by atoms with Crippen LogP contribution in [0.15, 0.2) is 30.5 Å². The van der Waals surface area contributed by atoms with Crippen LogP contribution in [0.4, 0.5) is 5.69 Å². The third-order valence-corrected chi connectivity index (χ3v) is 3.51. The lowest BCUT2D eigenvalue weighted by Crippen LogP contribution is -2.06. The van der Waals surface area contributed by atoms with Crippen LogP contribution in [0.5, 0.6) is 0 Å². The summed E-state index contributed by atoms with van der Waals surface area (Å²) < 4.78 is 1.76. The number of nitriles is 1. The largest absolute Gasteiger partial charge is 0.399 e. The van der Waals surface area contributed by atoms with Crippen molar-refractivity contribution in [2.45, 2.75) is 18.3 Å². The van der Waals surface area contributed by atoms with Gasteiger partial charge in [-0.25, -0.2) is 0 Å². The fourth-order valence-electron chi connectivity index (χ4n) is 2.32. The van der Waals surface area contributed by atoms with Crippen LogP contribution in [0.1, 0.15) is 18.4 Å². The third kappa shape index (κ3) is 1.56. The van der Waals surface area contributed by atoms with Gasteiger partial charge in [0, 0.05) is 24.5 Å². The molecule has 3 rings (SSSR count). The molecule has 1 fully saturated rings. The first-order valence-corrected chi connectivity index (χ1v) is 5.96. The Bertz CT molecular complexity index is 644. The number of hydrogen-bond acceptors (Lipinski definition) is 3. The van der Waals surface area contributed by atoms with Crippen LogP contribution >= 0.6 is 0 Å². The second-order valence-corrected chi connectivity index (χ2v) is 4.87. The second kappa shape index (κ2) is 3.61. The van der Waals surface area contributed by atoms with Crippen molar-refractivity contribution in [3.8, 4) is 17.3 Å². The lowest BCUT2D eigenvalue weighted by molar-refractivity contribution is 0.770. The Kier molecular flexibility index (Phi) is 2.17. The molecule has 1 aliphatic rings. The zero-order chi connectivity index (χ0) is 12.8. The highest BCUT2D eigenvalue weighted by atomic mass is 15.2. The van der Waals surface area contributed by atoms with E-state index in [-0.39, 0.29) is 5.41 Å². The minimum Gasteiger partial charge on any atom is -0.399 e. The molecule has 0 saturated heterocycles. The summed E-state index contributed by atoms with van der Waals surface area (Å²) in [5.41, 5.74) is 9.15. The van der Waals surface area contributed by atoms with Crippen LogP contribution in [0.25, 0.3) is 11.3 Å². The molecule has 1 aromatic heterocycles. The Labute approximate surface area is 106 Å². The quantitative estimate of drug-likeness (QED) is 0.816. The van der Waals surface area contributed by atoms with E-state index in [2.05, 4.69) is 11.2 Å². The summed E-state index contributed by atoms with van der Waals surface area (Å²) in [6.07, 6.45) is 3.74. The van der Waals surface area contributed by atoms with E-state index < -0.39 is 0 Å². The maximum absolute atomic E-state index is 9.35. The number of benzene rings is 1. The van der Waals surface area contributed by atoms with Crippen molar-refractivity contribution in [2.75, 3.05) is 5.73 Å². The lowest BCUT2D eigenvalue weighted by atomic mass is 9.91. The lowest BCUT2D eigenvalue weighted by Gasteiger charge is -2.12. The average Bonchev–Trinajstić information content (AvgIpc) is 3.05. The van der Waals surface area contributed by atoms with Crippen LogP contribution in [-0.4, -0.2) is 9.78 Å². The predicted molar refractivity (Wildman–Crippen MR) is 69.6 cm³/mol. The Hall–Kier alpha value is -2.28. The van der Waals surface area contributed by atoms with Gasteiger partial charge in [-0.2, -0.15) is 10.4 Å². The highest BCUT2D eigenvalue weighted by Gasteiger charge is 2.46. The molecule has 1 aromatic carbocycles. The summed E-state index contributed by atoms with van der Waals surface area (Å²) in [6, 6.07) is 10.1. The summed E-state index contributed by atoms with van der Waals surface area (Å²) in [4.78, 5) is 0. The zero-order valence-electron chi connectivity index (χ0n) is 10.2. The molecule has 0 radical (unpaired) electrons. The van der Waals surface area contributed by atoms with Gasteiger partial charge in [0.25, 0.3) is 0 Å². The monoisotopic (exact) mass is 238 g/mol. The van der Waals surface area contributed by atoms with Gasteiger partial charge in [-0.3, -0.25) is 4.68 Å². The summed E-state index contributed by atoms with van der Waals surface area (Å²) >= 11 is 0. The highest BCUT2D eigenvalue weighted by Crippen LogP contribution is 2.50. The number of nitrogen functional groups attached to an aromatic ring is 1. The first-order valence-electron chi connectivity index (χ1n) is 5.96.